The fourth-order valence-corrected chi connectivity index (χ4v) is 4.66. The summed E-state index contributed by atoms with van der Waals surface area (Å²) in [6.07, 6.45) is 2.40. The molecule has 0 N–H and O–H groups in total. The molecule has 2 aliphatic heterocycles. The first-order chi connectivity index (χ1) is 15.0. The zero-order valence-corrected chi connectivity index (χ0v) is 17.2. The number of hydrogen-bond donors (Lipinski definition) is 0. The second kappa shape index (κ2) is 7.54. The number of amides is 3. The van der Waals surface area contributed by atoms with Crippen LogP contribution in [0.15, 0.2) is 71.3 Å². The van der Waals surface area contributed by atoms with Crippen LogP contribution in [0.2, 0.25) is 0 Å². The molecule has 1 aromatic heterocycles. The Morgan fingerprint density at radius 2 is 1.77 bits per heavy atom. The summed E-state index contributed by atoms with van der Waals surface area (Å²) < 4.78 is 5.27. The van der Waals surface area contributed by atoms with Crippen molar-refractivity contribution in [3.63, 3.8) is 0 Å². The Morgan fingerprint density at radius 1 is 1.00 bits per heavy atom. The molecule has 31 heavy (non-hydrogen) atoms. The highest BCUT2D eigenvalue weighted by Gasteiger charge is 2.38. The van der Waals surface area contributed by atoms with Crippen molar-refractivity contribution in [2.24, 2.45) is 0 Å². The Kier molecular flexibility index (Phi) is 4.70. The number of hydrogen-bond acceptors (Lipinski definition) is 4. The van der Waals surface area contributed by atoms with Gasteiger partial charge < -0.3 is 9.32 Å². The van der Waals surface area contributed by atoms with Gasteiger partial charge in [-0.1, -0.05) is 30.3 Å². The van der Waals surface area contributed by atoms with E-state index in [-0.39, 0.29) is 35.9 Å². The molecule has 5 rings (SSSR count). The molecule has 2 atom stereocenters. The van der Waals surface area contributed by atoms with Gasteiger partial charge in [0.1, 0.15) is 5.76 Å². The minimum absolute atomic E-state index is 0.0518. The van der Waals surface area contributed by atoms with Crippen molar-refractivity contribution >= 4 is 17.7 Å². The van der Waals surface area contributed by atoms with Crippen LogP contribution in [-0.2, 0) is 6.54 Å². The van der Waals surface area contributed by atoms with E-state index in [9.17, 15) is 14.4 Å². The van der Waals surface area contributed by atoms with Crippen molar-refractivity contribution in [2.75, 3.05) is 6.54 Å². The van der Waals surface area contributed by atoms with Gasteiger partial charge in [-0.25, -0.2) is 0 Å². The Labute approximate surface area is 180 Å². The van der Waals surface area contributed by atoms with Gasteiger partial charge in [-0.2, -0.15) is 0 Å². The summed E-state index contributed by atoms with van der Waals surface area (Å²) in [5.41, 5.74) is 2.26. The van der Waals surface area contributed by atoms with E-state index in [1.165, 1.54) is 11.8 Å². The molecule has 0 spiro atoms. The number of carbonyl (C=O) groups is 3. The summed E-state index contributed by atoms with van der Waals surface area (Å²) in [6.45, 7) is 2.80. The summed E-state index contributed by atoms with van der Waals surface area (Å²) in [4.78, 5) is 41.8. The van der Waals surface area contributed by atoms with Gasteiger partial charge in [-0.15, -0.1) is 0 Å². The third-order valence-corrected chi connectivity index (χ3v) is 6.36. The van der Waals surface area contributed by atoms with Gasteiger partial charge in [-0.05, 0) is 49.2 Å². The van der Waals surface area contributed by atoms with Crippen LogP contribution < -0.4 is 0 Å². The molecule has 3 aromatic rings. The normalized spacial score (nSPS) is 20.4. The van der Waals surface area contributed by atoms with E-state index >= 15 is 0 Å². The summed E-state index contributed by atoms with van der Waals surface area (Å²) in [5.74, 6) is -0.0644. The van der Waals surface area contributed by atoms with E-state index in [0.29, 0.717) is 23.4 Å². The molecule has 3 amide bonds. The van der Waals surface area contributed by atoms with Gasteiger partial charge in [0.05, 0.1) is 23.9 Å². The van der Waals surface area contributed by atoms with Gasteiger partial charge in [0, 0.05) is 24.1 Å². The first kappa shape index (κ1) is 19.3. The molecule has 1 fully saturated rings. The highest BCUT2D eigenvalue weighted by atomic mass is 16.3. The van der Waals surface area contributed by atoms with E-state index < -0.39 is 5.91 Å². The third kappa shape index (κ3) is 3.24. The predicted octanol–water partition coefficient (Wildman–Crippen LogP) is 4.09. The van der Waals surface area contributed by atoms with Crippen LogP contribution in [0.3, 0.4) is 0 Å². The summed E-state index contributed by atoms with van der Waals surface area (Å²) in [6, 6.07) is 18.5. The molecule has 3 heterocycles. The minimum Gasteiger partial charge on any atom is -0.467 e. The number of rotatable bonds is 4. The zero-order chi connectivity index (χ0) is 21.5. The molecule has 156 valence electrons. The number of benzene rings is 2. The average molecular weight is 414 g/mol. The first-order valence-corrected chi connectivity index (χ1v) is 10.4. The molecule has 1 saturated heterocycles. The standard InChI is InChI=1S/C25H22N2O4/c1-16-20(17-6-3-2-4-7-17)11-12-26(16)23(28)18-9-10-21-22(14-18)25(30)27(24(21)29)15-19-8-5-13-31-19/h2-10,13-14,16,20H,11-12,15H2,1H3/t16-,20-/m1/s1. The SMILES string of the molecule is C[C@@H]1[C@H](c2ccccc2)CCN1C(=O)c1ccc2c(c1)C(=O)N(Cc1ccco1)C2=O. The molecule has 6 nitrogen and oxygen atoms in total. The maximum Gasteiger partial charge on any atom is 0.261 e. The fourth-order valence-electron chi connectivity index (χ4n) is 4.66. The van der Waals surface area contributed by atoms with Crippen LogP contribution in [0.25, 0.3) is 0 Å². The molecule has 6 heteroatoms. The largest absolute Gasteiger partial charge is 0.467 e. The Hall–Kier alpha value is -3.67. The van der Waals surface area contributed by atoms with Gasteiger partial charge >= 0.3 is 0 Å². The number of likely N-dealkylation sites (tertiary alicyclic amines) is 1. The van der Waals surface area contributed by atoms with Crippen molar-refractivity contribution in [3.05, 3.63) is 94.9 Å². The van der Waals surface area contributed by atoms with Gasteiger partial charge in [0.25, 0.3) is 17.7 Å². The van der Waals surface area contributed by atoms with Crippen molar-refractivity contribution < 1.29 is 18.8 Å². The summed E-state index contributed by atoms with van der Waals surface area (Å²) in [5, 5.41) is 0. The zero-order valence-electron chi connectivity index (χ0n) is 17.2. The van der Waals surface area contributed by atoms with E-state index in [1.54, 1.807) is 30.3 Å². The van der Waals surface area contributed by atoms with E-state index in [1.807, 2.05) is 23.1 Å². The Balaban J connectivity index is 1.37. The topological polar surface area (TPSA) is 70.8 Å². The second-order valence-corrected chi connectivity index (χ2v) is 8.08. The number of furan rings is 1. The molecule has 0 bridgehead atoms. The van der Waals surface area contributed by atoms with Crippen molar-refractivity contribution in [1.82, 2.24) is 9.80 Å². The molecular formula is C25H22N2O4. The van der Waals surface area contributed by atoms with Crippen LogP contribution in [0.5, 0.6) is 0 Å². The lowest BCUT2D eigenvalue weighted by Gasteiger charge is -2.25. The second-order valence-electron chi connectivity index (χ2n) is 8.08. The number of carbonyl (C=O) groups excluding carboxylic acids is 3. The van der Waals surface area contributed by atoms with Crippen LogP contribution in [-0.4, -0.2) is 40.1 Å². The van der Waals surface area contributed by atoms with Crippen LogP contribution in [0.4, 0.5) is 0 Å². The van der Waals surface area contributed by atoms with E-state index in [4.69, 9.17) is 4.42 Å². The highest BCUT2D eigenvalue weighted by molar-refractivity contribution is 6.22. The molecule has 2 aliphatic rings. The lowest BCUT2D eigenvalue weighted by Crippen LogP contribution is -2.35. The van der Waals surface area contributed by atoms with Gasteiger partial charge in [0.15, 0.2) is 0 Å². The van der Waals surface area contributed by atoms with Crippen LogP contribution in [0, 0.1) is 0 Å². The Bertz CT molecular complexity index is 1150. The average Bonchev–Trinajstić information content (AvgIpc) is 3.50. The van der Waals surface area contributed by atoms with Crippen LogP contribution in [0.1, 0.15) is 61.7 Å². The van der Waals surface area contributed by atoms with Gasteiger partial charge in [0.2, 0.25) is 0 Å². The minimum atomic E-state index is -0.400. The lowest BCUT2D eigenvalue weighted by molar-refractivity contribution is 0.0631. The van der Waals surface area contributed by atoms with Crippen LogP contribution >= 0.6 is 0 Å². The monoisotopic (exact) mass is 414 g/mol. The molecule has 0 saturated carbocycles. The molecule has 0 unspecified atom stereocenters. The maximum absolute atomic E-state index is 13.3. The third-order valence-electron chi connectivity index (χ3n) is 6.36. The molecule has 0 aliphatic carbocycles. The first-order valence-electron chi connectivity index (χ1n) is 10.4. The molecular weight excluding hydrogens is 392 g/mol. The smallest absolute Gasteiger partial charge is 0.261 e. The van der Waals surface area contributed by atoms with Gasteiger partial charge in [-0.3, -0.25) is 19.3 Å². The van der Waals surface area contributed by atoms with Crippen molar-refractivity contribution in [1.29, 1.82) is 0 Å². The van der Waals surface area contributed by atoms with Crippen molar-refractivity contribution in [2.45, 2.75) is 31.8 Å². The number of imide groups is 1. The highest BCUT2D eigenvalue weighted by Crippen LogP contribution is 2.34. The van der Waals surface area contributed by atoms with E-state index in [2.05, 4.69) is 19.1 Å². The molecule has 2 aromatic carbocycles. The predicted molar refractivity (Wildman–Crippen MR) is 114 cm³/mol. The number of fused-ring (bicyclic) bond motifs is 1. The summed E-state index contributed by atoms with van der Waals surface area (Å²) >= 11 is 0. The fraction of sp³-hybridized carbons (Fsp3) is 0.240. The summed E-state index contributed by atoms with van der Waals surface area (Å²) in [7, 11) is 0. The lowest BCUT2D eigenvalue weighted by atomic mass is 9.93. The Morgan fingerprint density at radius 3 is 2.52 bits per heavy atom. The van der Waals surface area contributed by atoms with Crippen molar-refractivity contribution in [3.8, 4) is 0 Å². The van der Waals surface area contributed by atoms with E-state index in [0.717, 1.165) is 11.3 Å². The quantitative estimate of drug-likeness (QED) is 0.603. The maximum atomic E-state index is 13.3. The molecule has 0 radical (unpaired) electrons. The number of nitrogens with zero attached hydrogens (tertiary/aromatic N) is 2.